The van der Waals surface area contributed by atoms with Crippen molar-refractivity contribution in [3.63, 3.8) is 0 Å². The average molecular weight is 412 g/mol. The molecular weight excluding hydrogens is 390 g/mol. The van der Waals surface area contributed by atoms with Crippen LogP contribution >= 0.6 is 11.6 Å². The molecule has 1 aliphatic rings. The fraction of sp³-hybridized carbons (Fsp3) is 0.273. The summed E-state index contributed by atoms with van der Waals surface area (Å²) in [5, 5.41) is 4.75. The first kappa shape index (κ1) is 19.3. The van der Waals surface area contributed by atoms with Crippen molar-refractivity contribution in [1.82, 2.24) is 9.88 Å². The zero-order valence-electron chi connectivity index (χ0n) is 16.4. The molecule has 150 valence electrons. The Kier molecular flexibility index (Phi) is 5.45. The van der Waals surface area contributed by atoms with Gasteiger partial charge in [0.2, 0.25) is 0 Å². The van der Waals surface area contributed by atoms with Gasteiger partial charge < -0.3 is 19.7 Å². The first-order valence-electron chi connectivity index (χ1n) is 9.47. The third kappa shape index (κ3) is 3.80. The number of likely N-dealkylation sites (tertiary alicyclic amines) is 1. The van der Waals surface area contributed by atoms with Crippen LogP contribution in [0, 0.1) is 0 Å². The quantitative estimate of drug-likeness (QED) is 0.647. The van der Waals surface area contributed by atoms with Crippen molar-refractivity contribution < 1.29 is 14.3 Å². The van der Waals surface area contributed by atoms with E-state index in [1.807, 2.05) is 29.2 Å². The summed E-state index contributed by atoms with van der Waals surface area (Å²) < 4.78 is 10.8. The van der Waals surface area contributed by atoms with Crippen molar-refractivity contribution in [3.05, 3.63) is 53.2 Å². The fourth-order valence-corrected chi connectivity index (χ4v) is 3.76. The predicted molar refractivity (Wildman–Crippen MR) is 115 cm³/mol. The standard InChI is InChI=1S/C22H22ClN3O3/c1-28-15-6-8-19(20(12-15)29-2)25-21-16-11-14(23)5-7-18(16)24-13-17(21)22(27)26-9-3-4-10-26/h5-8,11-13H,3-4,9-10H2,1-2H3,(H,24,25). The summed E-state index contributed by atoms with van der Waals surface area (Å²) in [4.78, 5) is 19.6. The van der Waals surface area contributed by atoms with Gasteiger partial charge >= 0.3 is 0 Å². The molecule has 1 N–H and O–H groups in total. The largest absolute Gasteiger partial charge is 0.497 e. The number of hydrogen-bond acceptors (Lipinski definition) is 5. The molecule has 29 heavy (non-hydrogen) atoms. The Morgan fingerprint density at radius 2 is 1.90 bits per heavy atom. The summed E-state index contributed by atoms with van der Waals surface area (Å²) in [5.41, 5.74) is 2.65. The Morgan fingerprint density at radius 3 is 2.62 bits per heavy atom. The molecule has 1 saturated heterocycles. The van der Waals surface area contributed by atoms with E-state index in [0.717, 1.165) is 42.5 Å². The zero-order valence-corrected chi connectivity index (χ0v) is 17.1. The number of amides is 1. The number of nitrogens with zero attached hydrogens (tertiary/aromatic N) is 2. The maximum absolute atomic E-state index is 13.2. The van der Waals surface area contributed by atoms with Crippen molar-refractivity contribution in [2.24, 2.45) is 0 Å². The molecule has 0 radical (unpaired) electrons. The normalized spacial score (nSPS) is 13.6. The lowest BCUT2D eigenvalue weighted by Crippen LogP contribution is -2.28. The van der Waals surface area contributed by atoms with Gasteiger partial charge in [0, 0.05) is 35.8 Å². The van der Waals surface area contributed by atoms with Crippen LogP contribution in [0.25, 0.3) is 10.9 Å². The van der Waals surface area contributed by atoms with Gasteiger partial charge in [0.25, 0.3) is 5.91 Å². The van der Waals surface area contributed by atoms with Gasteiger partial charge in [-0.15, -0.1) is 0 Å². The minimum atomic E-state index is -0.0353. The average Bonchev–Trinajstić information content (AvgIpc) is 3.28. The van der Waals surface area contributed by atoms with Gasteiger partial charge in [-0.3, -0.25) is 9.78 Å². The monoisotopic (exact) mass is 411 g/mol. The van der Waals surface area contributed by atoms with E-state index in [0.29, 0.717) is 27.8 Å². The van der Waals surface area contributed by atoms with Gasteiger partial charge in [0.05, 0.1) is 36.7 Å². The topological polar surface area (TPSA) is 63.7 Å². The van der Waals surface area contributed by atoms with Crippen molar-refractivity contribution in [3.8, 4) is 11.5 Å². The summed E-state index contributed by atoms with van der Waals surface area (Å²) in [6.45, 7) is 1.52. The van der Waals surface area contributed by atoms with Crippen LogP contribution in [0.3, 0.4) is 0 Å². The number of halogens is 1. The number of pyridine rings is 1. The van der Waals surface area contributed by atoms with E-state index in [1.165, 1.54) is 0 Å². The van der Waals surface area contributed by atoms with Crippen molar-refractivity contribution in [1.29, 1.82) is 0 Å². The molecule has 0 saturated carbocycles. The Balaban J connectivity index is 1.85. The van der Waals surface area contributed by atoms with E-state index in [9.17, 15) is 4.79 Å². The van der Waals surface area contributed by atoms with Gasteiger partial charge in [-0.1, -0.05) is 11.6 Å². The van der Waals surface area contributed by atoms with Crippen LogP contribution in [0.1, 0.15) is 23.2 Å². The van der Waals surface area contributed by atoms with Crippen molar-refractivity contribution in [2.45, 2.75) is 12.8 Å². The highest BCUT2D eigenvalue weighted by Gasteiger charge is 2.24. The third-order valence-electron chi connectivity index (χ3n) is 5.12. The molecule has 4 rings (SSSR count). The number of fused-ring (bicyclic) bond motifs is 1. The molecular formula is C22H22ClN3O3. The van der Waals surface area contributed by atoms with E-state index < -0.39 is 0 Å². The highest BCUT2D eigenvalue weighted by molar-refractivity contribution is 6.31. The van der Waals surface area contributed by atoms with Crippen LogP contribution in [-0.4, -0.2) is 43.1 Å². The van der Waals surface area contributed by atoms with Crippen LogP contribution in [0.2, 0.25) is 5.02 Å². The van der Waals surface area contributed by atoms with Gasteiger partial charge in [-0.05, 0) is 43.2 Å². The highest BCUT2D eigenvalue weighted by atomic mass is 35.5. The molecule has 0 bridgehead atoms. The predicted octanol–water partition coefficient (Wildman–Crippen LogP) is 4.89. The molecule has 2 heterocycles. The van der Waals surface area contributed by atoms with Crippen molar-refractivity contribution in [2.75, 3.05) is 32.6 Å². The van der Waals surface area contributed by atoms with E-state index in [2.05, 4.69) is 10.3 Å². The molecule has 0 atom stereocenters. The van der Waals surface area contributed by atoms with Gasteiger partial charge in [0.15, 0.2) is 0 Å². The summed E-state index contributed by atoms with van der Waals surface area (Å²) in [5.74, 6) is 1.26. The van der Waals surface area contributed by atoms with Gasteiger partial charge in [-0.25, -0.2) is 0 Å². The van der Waals surface area contributed by atoms with E-state index >= 15 is 0 Å². The van der Waals surface area contributed by atoms with E-state index in [1.54, 1.807) is 32.5 Å². The summed E-state index contributed by atoms with van der Waals surface area (Å²) in [6, 6.07) is 10.9. The van der Waals surface area contributed by atoms with Crippen molar-refractivity contribution >= 4 is 39.8 Å². The smallest absolute Gasteiger partial charge is 0.257 e. The number of benzene rings is 2. The molecule has 0 unspecified atom stereocenters. The summed E-state index contributed by atoms with van der Waals surface area (Å²) in [7, 11) is 3.20. The molecule has 0 aliphatic carbocycles. The van der Waals surface area contributed by atoms with Gasteiger partial charge in [0.1, 0.15) is 11.5 Å². The molecule has 1 aromatic heterocycles. The minimum absolute atomic E-state index is 0.0353. The SMILES string of the molecule is COc1ccc(Nc2c(C(=O)N3CCCC3)cnc3ccc(Cl)cc23)c(OC)c1. The maximum atomic E-state index is 13.2. The van der Waals surface area contributed by atoms with Crippen LogP contribution in [-0.2, 0) is 0 Å². The first-order chi connectivity index (χ1) is 14.1. The number of aromatic nitrogens is 1. The van der Waals surface area contributed by atoms with Crippen LogP contribution < -0.4 is 14.8 Å². The molecule has 1 aliphatic heterocycles. The Hall–Kier alpha value is -2.99. The molecule has 6 nitrogen and oxygen atoms in total. The number of anilines is 2. The third-order valence-corrected chi connectivity index (χ3v) is 5.36. The minimum Gasteiger partial charge on any atom is -0.497 e. The second-order valence-electron chi connectivity index (χ2n) is 6.90. The fourth-order valence-electron chi connectivity index (χ4n) is 3.59. The summed E-state index contributed by atoms with van der Waals surface area (Å²) >= 11 is 6.26. The molecule has 7 heteroatoms. The molecule has 2 aromatic carbocycles. The zero-order chi connectivity index (χ0) is 20.4. The number of carbonyl (C=O) groups is 1. The Morgan fingerprint density at radius 1 is 1.10 bits per heavy atom. The lowest BCUT2D eigenvalue weighted by molar-refractivity contribution is 0.0793. The second-order valence-corrected chi connectivity index (χ2v) is 7.34. The number of hydrogen-bond donors (Lipinski definition) is 1. The summed E-state index contributed by atoms with van der Waals surface area (Å²) in [6.07, 6.45) is 3.68. The number of rotatable bonds is 5. The highest BCUT2D eigenvalue weighted by Crippen LogP contribution is 2.36. The second kappa shape index (κ2) is 8.17. The van der Waals surface area contributed by atoms with Crippen LogP contribution in [0.4, 0.5) is 11.4 Å². The number of methoxy groups -OCH3 is 2. The van der Waals surface area contributed by atoms with Gasteiger partial charge in [-0.2, -0.15) is 0 Å². The number of ether oxygens (including phenoxy) is 2. The number of nitrogens with one attached hydrogen (secondary N) is 1. The number of carbonyl (C=O) groups excluding carboxylic acids is 1. The molecule has 0 spiro atoms. The van der Waals surface area contributed by atoms with E-state index in [4.69, 9.17) is 21.1 Å². The Labute approximate surface area is 174 Å². The maximum Gasteiger partial charge on any atom is 0.257 e. The van der Waals surface area contributed by atoms with Crippen LogP contribution in [0.15, 0.2) is 42.6 Å². The lowest BCUT2D eigenvalue weighted by atomic mass is 10.1. The molecule has 3 aromatic rings. The van der Waals surface area contributed by atoms with E-state index in [-0.39, 0.29) is 5.91 Å². The first-order valence-corrected chi connectivity index (χ1v) is 9.85. The molecule has 1 fully saturated rings. The Bertz CT molecular complexity index is 1060. The molecule has 1 amide bonds. The lowest BCUT2D eigenvalue weighted by Gasteiger charge is -2.20. The van der Waals surface area contributed by atoms with Crippen LogP contribution in [0.5, 0.6) is 11.5 Å².